The van der Waals surface area contributed by atoms with Crippen LogP contribution in [0.5, 0.6) is 5.75 Å². The van der Waals surface area contributed by atoms with Crippen LogP contribution >= 0.6 is 12.4 Å². The fourth-order valence-electron chi connectivity index (χ4n) is 2.54. The number of hydrogen-bond donors (Lipinski definition) is 1. The molecular weight excluding hydrogens is 210 g/mol. The van der Waals surface area contributed by atoms with E-state index in [0.29, 0.717) is 0 Å². The van der Waals surface area contributed by atoms with Crippen molar-refractivity contribution in [1.82, 2.24) is 0 Å². The van der Waals surface area contributed by atoms with Gasteiger partial charge in [-0.1, -0.05) is 18.2 Å². The number of para-hydroxylation sites is 1. The highest BCUT2D eigenvalue weighted by atomic mass is 35.5. The van der Waals surface area contributed by atoms with Crippen LogP contribution in [0, 0.1) is 0 Å². The van der Waals surface area contributed by atoms with Gasteiger partial charge in [0, 0.05) is 18.0 Å². The molecule has 0 saturated heterocycles. The van der Waals surface area contributed by atoms with Crippen molar-refractivity contribution in [2.75, 3.05) is 0 Å². The summed E-state index contributed by atoms with van der Waals surface area (Å²) in [5.41, 5.74) is 7.41. The largest absolute Gasteiger partial charge is 0.487 e. The molecule has 1 spiro atoms. The number of ether oxygens (including phenoxy) is 1. The molecule has 15 heavy (non-hydrogen) atoms. The molecule has 1 fully saturated rings. The first-order valence-corrected chi connectivity index (χ1v) is 5.33. The molecule has 0 aromatic heterocycles. The highest BCUT2D eigenvalue weighted by Gasteiger charge is 2.44. The molecule has 0 unspecified atom stereocenters. The number of nitrogens with two attached hydrogens (primary N) is 1. The third-order valence-corrected chi connectivity index (χ3v) is 3.50. The Balaban J connectivity index is 0.000000853. The van der Waals surface area contributed by atoms with Gasteiger partial charge in [0.2, 0.25) is 0 Å². The van der Waals surface area contributed by atoms with Crippen molar-refractivity contribution < 1.29 is 4.74 Å². The zero-order valence-corrected chi connectivity index (χ0v) is 9.43. The summed E-state index contributed by atoms with van der Waals surface area (Å²) in [5.74, 6) is 1.01. The molecular formula is C12H16ClNO. The Morgan fingerprint density at radius 2 is 2.00 bits per heavy atom. The van der Waals surface area contributed by atoms with Crippen molar-refractivity contribution >= 4 is 12.4 Å². The first-order valence-electron chi connectivity index (χ1n) is 5.33. The molecule has 2 nitrogen and oxygen atoms in total. The van der Waals surface area contributed by atoms with E-state index in [4.69, 9.17) is 10.5 Å². The molecule has 1 aliphatic carbocycles. The SMILES string of the molecule is Cl.N[C@H]1CC2(CCC2)Oc2ccccc21. The zero-order chi connectivity index (χ0) is 9.60. The Kier molecular flexibility index (Phi) is 2.65. The van der Waals surface area contributed by atoms with Gasteiger partial charge < -0.3 is 10.5 Å². The van der Waals surface area contributed by atoms with Crippen molar-refractivity contribution in [1.29, 1.82) is 0 Å². The lowest BCUT2D eigenvalue weighted by atomic mass is 9.73. The molecule has 3 rings (SSSR count). The van der Waals surface area contributed by atoms with Crippen LogP contribution in [0.15, 0.2) is 24.3 Å². The van der Waals surface area contributed by atoms with E-state index in [9.17, 15) is 0 Å². The molecule has 0 radical (unpaired) electrons. The summed E-state index contributed by atoms with van der Waals surface area (Å²) in [7, 11) is 0. The minimum atomic E-state index is 0. The highest BCUT2D eigenvalue weighted by molar-refractivity contribution is 5.85. The van der Waals surface area contributed by atoms with Crippen LogP contribution in [0.2, 0.25) is 0 Å². The highest BCUT2D eigenvalue weighted by Crippen LogP contribution is 2.47. The fraction of sp³-hybridized carbons (Fsp3) is 0.500. The molecule has 1 atom stereocenters. The van der Waals surface area contributed by atoms with Crippen molar-refractivity contribution in [3.05, 3.63) is 29.8 Å². The maximum absolute atomic E-state index is 6.15. The predicted molar refractivity (Wildman–Crippen MR) is 62.4 cm³/mol. The van der Waals surface area contributed by atoms with Crippen LogP contribution < -0.4 is 10.5 Å². The Hall–Kier alpha value is -0.730. The Morgan fingerprint density at radius 3 is 2.67 bits per heavy atom. The molecule has 1 saturated carbocycles. The smallest absolute Gasteiger partial charge is 0.124 e. The Labute approximate surface area is 96.2 Å². The average Bonchev–Trinajstić information content (AvgIpc) is 2.15. The standard InChI is InChI=1S/C12H15NO.ClH/c13-10-8-12(6-3-7-12)14-11-5-2-1-4-9(10)11;/h1-2,4-5,10H,3,6-8,13H2;1H/t10-;/m0./s1. The van der Waals surface area contributed by atoms with Gasteiger partial charge in [-0.15, -0.1) is 12.4 Å². The molecule has 2 N–H and O–H groups in total. The Bertz CT molecular complexity index is 362. The monoisotopic (exact) mass is 225 g/mol. The van der Waals surface area contributed by atoms with Crippen LogP contribution in [0.3, 0.4) is 0 Å². The minimum Gasteiger partial charge on any atom is -0.487 e. The summed E-state index contributed by atoms with van der Waals surface area (Å²) in [6.07, 6.45) is 4.63. The molecule has 1 heterocycles. The number of hydrogen-bond acceptors (Lipinski definition) is 2. The summed E-state index contributed by atoms with van der Waals surface area (Å²) in [6, 6.07) is 8.32. The fourth-order valence-corrected chi connectivity index (χ4v) is 2.54. The van der Waals surface area contributed by atoms with E-state index in [1.54, 1.807) is 0 Å². The van der Waals surface area contributed by atoms with Crippen molar-refractivity contribution in [2.24, 2.45) is 5.73 Å². The maximum atomic E-state index is 6.15. The van der Waals surface area contributed by atoms with Crippen molar-refractivity contribution in [2.45, 2.75) is 37.3 Å². The van der Waals surface area contributed by atoms with Crippen LogP contribution in [-0.2, 0) is 0 Å². The van der Waals surface area contributed by atoms with E-state index in [0.717, 1.165) is 12.2 Å². The lowest BCUT2D eigenvalue weighted by molar-refractivity contribution is -0.0329. The normalized spacial score (nSPS) is 25.8. The van der Waals surface area contributed by atoms with Gasteiger partial charge in [0.05, 0.1) is 0 Å². The third-order valence-electron chi connectivity index (χ3n) is 3.50. The predicted octanol–water partition coefficient (Wildman–Crippen LogP) is 2.81. The minimum absolute atomic E-state index is 0. The van der Waals surface area contributed by atoms with Gasteiger partial charge in [0.15, 0.2) is 0 Å². The van der Waals surface area contributed by atoms with Crippen molar-refractivity contribution in [3.63, 3.8) is 0 Å². The molecule has 3 heteroatoms. The molecule has 1 aliphatic heterocycles. The third kappa shape index (κ3) is 1.62. The second-order valence-corrected chi connectivity index (χ2v) is 4.49. The van der Waals surface area contributed by atoms with Crippen LogP contribution in [0.1, 0.15) is 37.3 Å². The number of rotatable bonds is 0. The van der Waals surface area contributed by atoms with Crippen LogP contribution in [-0.4, -0.2) is 5.60 Å². The summed E-state index contributed by atoms with van der Waals surface area (Å²) >= 11 is 0. The first-order chi connectivity index (χ1) is 6.79. The van der Waals surface area contributed by atoms with Crippen LogP contribution in [0.25, 0.3) is 0 Å². The molecule has 0 amide bonds. The number of halogens is 1. The maximum Gasteiger partial charge on any atom is 0.124 e. The average molecular weight is 226 g/mol. The summed E-state index contributed by atoms with van der Waals surface area (Å²) < 4.78 is 6.05. The van der Waals surface area contributed by atoms with Gasteiger partial charge in [0.1, 0.15) is 11.4 Å². The zero-order valence-electron chi connectivity index (χ0n) is 8.61. The second-order valence-electron chi connectivity index (χ2n) is 4.49. The number of fused-ring (bicyclic) bond motifs is 1. The molecule has 82 valence electrons. The Morgan fingerprint density at radius 1 is 1.27 bits per heavy atom. The summed E-state index contributed by atoms with van der Waals surface area (Å²) in [4.78, 5) is 0. The van der Waals surface area contributed by atoms with Gasteiger partial charge in [0.25, 0.3) is 0 Å². The van der Waals surface area contributed by atoms with Gasteiger partial charge in [-0.2, -0.15) is 0 Å². The van der Waals surface area contributed by atoms with E-state index >= 15 is 0 Å². The lowest BCUT2D eigenvalue weighted by Crippen LogP contribution is -2.48. The van der Waals surface area contributed by atoms with Crippen LogP contribution in [0.4, 0.5) is 0 Å². The van der Waals surface area contributed by atoms with E-state index in [1.807, 2.05) is 18.2 Å². The second kappa shape index (κ2) is 3.69. The first kappa shape index (κ1) is 10.8. The molecule has 1 aromatic carbocycles. The summed E-state index contributed by atoms with van der Waals surface area (Å²) in [6.45, 7) is 0. The molecule has 2 aliphatic rings. The van der Waals surface area contributed by atoms with Gasteiger partial charge in [-0.05, 0) is 25.3 Å². The van der Waals surface area contributed by atoms with Crippen molar-refractivity contribution in [3.8, 4) is 5.75 Å². The van der Waals surface area contributed by atoms with E-state index in [2.05, 4.69) is 6.07 Å². The quantitative estimate of drug-likeness (QED) is 0.737. The topological polar surface area (TPSA) is 35.2 Å². The van der Waals surface area contributed by atoms with E-state index in [1.165, 1.54) is 24.8 Å². The van der Waals surface area contributed by atoms with Gasteiger partial charge in [-0.3, -0.25) is 0 Å². The van der Waals surface area contributed by atoms with Gasteiger partial charge in [-0.25, -0.2) is 0 Å². The van der Waals surface area contributed by atoms with E-state index < -0.39 is 0 Å². The molecule has 0 bridgehead atoms. The van der Waals surface area contributed by atoms with E-state index in [-0.39, 0.29) is 24.0 Å². The summed E-state index contributed by atoms with van der Waals surface area (Å²) in [5, 5.41) is 0. The lowest BCUT2D eigenvalue weighted by Gasteiger charge is -2.47. The molecule has 1 aromatic rings. The number of benzene rings is 1. The van der Waals surface area contributed by atoms with Gasteiger partial charge >= 0.3 is 0 Å².